The minimum Gasteiger partial charge on any atom is -0.385 e. The molecular formula is C22H23N5O2. The summed E-state index contributed by atoms with van der Waals surface area (Å²) in [6.07, 6.45) is 0.716. The van der Waals surface area contributed by atoms with Gasteiger partial charge in [0.05, 0.1) is 11.0 Å². The number of anilines is 1. The van der Waals surface area contributed by atoms with Gasteiger partial charge in [-0.2, -0.15) is 0 Å². The molecule has 0 bridgehead atoms. The third-order valence-electron chi connectivity index (χ3n) is 4.83. The van der Waals surface area contributed by atoms with Crippen molar-refractivity contribution < 1.29 is 9.53 Å². The number of ether oxygens (including phenoxy) is 1. The first kappa shape index (κ1) is 18.9. The number of carbonyl (C=O) groups is 1. The van der Waals surface area contributed by atoms with Crippen LogP contribution in [0.15, 0.2) is 48.5 Å². The van der Waals surface area contributed by atoms with E-state index in [1.165, 1.54) is 0 Å². The van der Waals surface area contributed by atoms with Crippen LogP contribution in [-0.2, 0) is 4.74 Å². The highest BCUT2D eigenvalue weighted by atomic mass is 16.5. The first-order valence-electron chi connectivity index (χ1n) is 9.51. The highest BCUT2D eigenvalue weighted by Gasteiger charge is 2.24. The van der Waals surface area contributed by atoms with E-state index in [-0.39, 0.29) is 5.91 Å². The summed E-state index contributed by atoms with van der Waals surface area (Å²) in [7, 11) is 1.63. The standard InChI is InChI=1S/C22H23N5O2/c1-14-8-10-15(11-9-14)27-20(23)18(22(28)24-12-5-13-29-2)19-21(27)26-17-7-4-3-6-16(17)25-19/h3-4,6-11H,5,12-13,23H2,1-2H3,(H,24,28). The number of aromatic nitrogens is 3. The van der Waals surface area contributed by atoms with Crippen LogP contribution in [0.5, 0.6) is 0 Å². The molecule has 0 fully saturated rings. The summed E-state index contributed by atoms with van der Waals surface area (Å²) in [5.74, 6) is 0.0578. The summed E-state index contributed by atoms with van der Waals surface area (Å²) < 4.78 is 6.83. The number of nitrogens with two attached hydrogens (primary N) is 1. The van der Waals surface area contributed by atoms with E-state index < -0.39 is 0 Å². The second kappa shape index (κ2) is 7.89. The zero-order chi connectivity index (χ0) is 20.4. The van der Waals surface area contributed by atoms with Gasteiger partial charge in [0.2, 0.25) is 0 Å². The predicted octanol–water partition coefficient (Wildman–Crippen LogP) is 3.23. The number of rotatable bonds is 6. The summed E-state index contributed by atoms with van der Waals surface area (Å²) in [6, 6.07) is 15.5. The third-order valence-corrected chi connectivity index (χ3v) is 4.83. The lowest BCUT2D eigenvalue weighted by Crippen LogP contribution is -2.26. The van der Waals surface area contributed by atoms with Crippen LogP contribution in [0.1, 0.15) is 22.3 Å². The van der Waals surface area contributed by atoms with Crippen molar-refractivity contribution in [1.82, 2.24) is 19.9 Å². The molecule has 0 radical (unpaired) electrons. The molecule has 3 N–H and O–H groups in total. The lowest BCUT2D eigenvalue weighted by Gasteiger charge is -2.08. The fraction of sp³-hybridized carbons (Fsp3) is 0.227. The molecular weight excluding hydrogens is 366 g/mol. The average molecular weight is 389 g/mol. The number of aryl methyl sites for hydroxylation is 1. The van der Waals surface area contributed by atoms with Gasteiger partial charge in [-0.05, 0) is 37.6 Å². The minimum absolute atomic E-state index is 0.265. The van der Waals surface area contributed by atoms with Gasteiger partial charge in [0.25, 0.3) is 5.91 Å². The van der Waals surface area contributed by atoms with Gasteiger partial charge in [-0.25, -0.2) is 9.97 Å². The Bertz CT molecular complexity index is 1180. The number of hydrogen-bond acceptors (Lipinski definition) is 5. The van der Waals surface area contributed by atoms with E-state index in [0.29, 0.717) is 42.1 Å². The maximum atomic E-state index is 13.0. The van der Waals surface area contributed by atoms with Crippen LogP contribution in [0.2, 0.25) is 0 Å². The molecule has 4 aromatic rings. The topological polar surface area (TPSA) is 95.1 Å². The second-order valence-corrected chi connectivity index (χ2v) is 6.92. The second-order valence-electron chi connectivity index (χ2n) is 6.92. The van der Waals surface area contributed by atoms with E-state index in [2.05, 4.69) is 5.32 Å². The minimum atomic E-state index is -0.265. The van der Waals surface area contributed by atoms with E-state index in [1.807, 2.05) is 55.5 Å². The van der Waals surface area contributed by atoms with Gasteiger partial charge in [0.1, 0.15) is 16.9 Å². The summed E-state index contributed by atoms with van der Waals surface area (Å²) in [5.41, 5.74) is 11.3. The van der Waals surface area contributed by atoms with E-state index >= 15 is 0 Å². The molecule has 0 spiro atoms. The zero-order valence-corrected chi connectivity index (χ0v) is 16.5. The van der Waals surface area contributed by atoms with Gasteiger partial charge in [-0.15, -0.1) is 0 Å². The van der Waals surface area contributed by atoms with Crippen LogP contribution >= 0.6 is 0 Å². The summed E-state index contributed by atoms with van der Waals surface area (Å²) in [4.78, 5) is 22.5. The normalized spacial score (nSPS) is 11.2. The number of nitrogens with zero attached hydrogens (tertiary/aromatic N) is 3. The van der Waals surface area contributed by atoms with Crippen molar-refractivity contribution in [2.75, 3.05) is 26.0 Å². The molecule has 0 unspecified atom stereocenters. The number of carbonyl (C=O) groups excluding carboxylic acids is 1. The zero-order valence-electron chi connectivity index (χ0n) is 16.5. The van der Waals surface area contributed by atoms with Gasteiger partial charge in [-0.3, -0.25) is 9.36 Å². The van der Waals surface area contributed by atoms with Crippen molar-refractivity contribution in [3.8, 4) is 5.69 Å². The SMILES string of the molecule is COCCCNC(=O)c1c(N)n(-c2ccc(C)cc2)c2nc3ccccc3nc12. The number of nitrogens with one attached hydrogen (secondary N) is 1. The number of hydrogen-bond donors (Lipinski definition) is 2. The first-order valence-corrected chi connectivity index (χ1v) is 9.51. The number of para-hydroxylation sites is 2. The molecule has 2 aromatic heterocycles. The van der Waals surface area contributed by atoms with Crippen molar-refractivity contribution in [3.05, 3.63) is 59.7 Å². The molecule has 0 saturated carbocycles. The molecule has 2 aromatic carbocycles. The van der Waals surface area contributed by atoms with Crippen molar-refractivity contribution in [2.24, 2.45) is 0 Å². The molecule has 0 aliphatic rings. The molecule has 29 heavy (non-hydrogen) atoms. The molecule has 2 heterocycles. The van der Waals surface area contributed by atoms with Crippen molar-refractivity contribution in [2.45, 2.75) is 13.3 Å². The number of methoxy groups -OCH3 is 1. The van der Waals surface area contributed by atoms with Crippen LogP contribution < -0.4 is 11.1 Å². The van der Waals surface area contributed by atoms with Gasteiger partial charge < -0.3 is 15.8 Å². The summed E-state index contributed by atoms with van der Waals surface area (Å²) in [5, 5.41) is 2.91. The van der Waals surface area contributed by atoms with Gasteiger partial charge in [0.15, 0.2) is 5.65 Å². The fourth-order valence-corrected chi connectivity index (χ4v) is 3.35. The molecule has 0 atom stereocenters. The summed E-state index contributed by atoms with van der Waals surface area (Å²) in [6.45, 7) is 3.09. The molecule has 0 aliphatic heterocycles. The Morgan fingerprint density at radius 2 is 1.79 bits per heavy atom. The van der Waals surface area contributed by atoms with E-state index in [9.17, 15) is 4.79 Å². The number of nitrogen functional groups attached to an aromatic ring is 1. The Morgan fingerprint density at radius 3 is 2.48 bits per heavy atom. The predicted molar refractivity (Wildman–Crippen MR) is 114 cm³/mol. The lowest BCUT2D eigenvalue weighted by molar-refractivity contribution is 0.0951. The van der Waals surface area contributed by atoms with Gasteiger partial charge >= 0.3 is 0 Å². The van der Waals surface area contributed by atoms with Crippen molar-refractivity contribution >= 4 is 33.9 Å². The fourth-order valence-electron chi connectivity index (χ4n) is 3.35. The number of benzene rings is 2. The van der Waals surface area contributed by atoms with E-state index in [1.54, 1.807) is 11.7 Å². The Hall–Kier alpha value is -3.45. The smallest absolute Gasteiger partial charge is 0.257 e. The molecule has 1 amide bonds. The highest BCUT2D eigenvalue weighted by Crippen LogP contribution is 2.31. The molecule has 0 saturated heterocycles. The van der Waals surface area contributed by atoms with E-state index in [4.69, 9.17) is 20.4 Å². The largest absolute Gasteiger partial charge is 0.385 e. The highest BCUT2D eigenvalue weighted by molar-refractivity contribution is 6.11. The third kappa shape index (κ3) is 3.52. The van der Waals surface area contributed by atoms with Crippen LogP contribution in [0, 0.1) is 6.92 Å². The van der Waals surface area contributed by atoms with Gasteiger partial charge in [-0.1, -0.05) is 29.8 Å². The number of amides is 1. The van der Waals surface area contributed by atoms with Crippen LogP contribution in [0.25, 0.3) is 27.9 Å². The molecule has 7 nitrogen and oxygen atoms in total. The van der Waals surface area contributed by atoms with E-state index in [0.717, 1.165) is 22.3 Å². The Labute approximate surface area is 168 Å². The van der Waals surface area contributed by atoms with Crippen LogP contribution in [-0.4, -0.2) is 40.7 Å². The molecule has 7 heteroatoms. The van der Waals surface area contributed by atoms with Gasteiger partial charge in [0, 0.05) is 25.9 Å². The Kier molecular flexibility index (Phi) is 5.14. The maximum absolute atomic E-state index is 13.0. The monoisotopic (exact) mass is 389 g/mol. The summed E-state index contributed by atoms with van der Waals surface area (Å²) >= 11 is 0. The van der Waals surface area contributed by atoms with Crippen molar-refractivity contribution in [3.63, 3.8) is 0 Å². The first-order chi connectivity index (χ1) is 14.1. The van der Waals surface area contributed by atoms with Crippen molar-refractivity contribution in [1.29, 1.82) is 0 Å². The van der Waals surface area contributed by atoms with Crippen LogP contribution in [0.4, 0.5) is 5.82 Å². The molecule has 0 aliphatic carbocycles. The number of fused-ring (bicyclic) bond motifs is 2. The Balaban J connectivity index is 1.89. The lowest BCUT2D eigenvalue weighted by atomic mass is 10.2. The average Bonchev–Trinajstić information content (AvgIpc) is 3.01. The van der Waals surface area contributed by atoms with Crippen LogP contribution in [0.3, 0.4) is 0 Å². The Morgan fingerprint density at radius 1 is 1.10 bits per heavy atom. The molecule has 4 rings (SSSR count). The maximum Gasteiger partial charge on any atom is 0.257 e. The quantitative estimate of drug-likeness (QED) is 0.494. The molecule has 148 valence electrons.